The molecule has 2 aromatic rings. The highest BCUT2D eigenvalue weighted by atomic mass is 16.6. The number of rotatable bonds is 5. The lowest BCUT2D eigenvalue weighted by Crippen LogP contribution is -2.15. The molecule has 0 fully saturated rings. The van der Waals surface area contributed by atoms with E-state index >= 15 is 0 Å². The van der Waals surface area contributed by atoms with E-state index in [0.717, 1.165) is 12.5 Å². The number of nitrogens with zero attached hydrogens (tertiary/aromatic N) is 5. The molecule has 2 aromatic heterocycles. The molecular formula is C12H13N5O4. The Balaban J connectivity index is 2.67. The number of aryl methyl sites for hydroxylation is 1. The van der Waals surface area contributed by atoms with E-state index in [1.807, 2.05) is 13.8 Å². The van der Waals surface area contributed by atoms with Crippen LogP contribution in [0, 0.1) is 10.1 Å². The molecule has 0 aromatic carbocycles. The first-order valence-corrected chi connectivity index (χ1v) is 6.30. The number of imidazole rings is 1. The number of hydrogen-bond acceptors (Lipinski definition) is 6. The van der Waals surface area contributed by atoms with Crippen LogP contribution in [0.3, 0.4) is 0 Å². The van der Waals surface area contributed by atoms with Crippen molar-refractivity contribution in [2.45, 2.75) is 26.7 Å². The van der Waals surface area contributed by atoms with E-state index < -0.39 is 10.9 Å². The van der Waals surface area contributed by atoms with E-state index in [0.29, 0.717) is 24.1 Å². The fourth-order valence-corrected chi connectivity index (χ4v) is 2.09. The minimum atomic E-state index is -1.15. The fraction of sp³-hybridized carbons (Fsp3) is 0.333. The second kappa shape index (κ2) is 5.65. The first kappa shape index (κ1) is 14.6. The third kappa shape index (κ3) is 2.57. The SMILES string of the molecule is CCc1nnc(-n2cnc([N+](=O)[O-])c2)c(C(=O)O)c1CC. The summed E-state index contributed by atoms with van der Waals surface area (Å²) in [5.74, 6) is -1.51. The zero-order valence-electron chi connectivity index (χ0n) is 11.5. The molecule has 0 saturated heterocycles. The number of aromatic carboxylic acids is 1. The highest BCUT2D eigenvalue weighted by Gasteiger charge is 2.23. The van der Waals surface area contributed by atoms with Crippen LogP contribution in [-0.4, -0.2) is 35.7 Å². The Bertz CT molecular complexity index is 710. The van der Waals surface area contributed by atoms with Gasteiger partial charge in [-0.1, -0.05) is 13.8 Å². The fourth-order valence-electron chi connectivity index (χ4n) is 2.09. The highest BCUT2D eigenvalue weighted by molar-refractivity contribution is 5.93. The molecule has 0 unspecified atom stereocenters. The van der Waals surface area contributed by atoms with Gasteiger partial charge in [0.15, 0.2) is 5.82 Å². The number of nitro groups is 1. The van der Waals surface area contributed by atoms with Crippen LogP contribution in [0.5, 0.6) is 0 Å². The van der Waals surface area contributed by atoms with E-state index in [2.05, 4.69) is 15.2 Å². The molecule has 9 nitrogen and oxygen atoms in total. The van der Waals surface area contributed by atoms with E-state index in [-0.39, 0.29) is 17.2 Å². The van der Waals surface area contributed by atoms with Gasteiger partial charge in [-0.25, -0.2) is 4.79 Å². The summed E-state index contributed by atoms with van der Waals surface area (Å²) in [5.41, 5.74) is 1.18. The normalized spacial score (nSPS) is 10.6. The monoisotopic (exact) mass is 291 g/mol. The molecule has 0 aliphatic heterocycles. The van der Waals surface area contributed by atoms with Crippen LogP contribution in [0.1, 0.15) is 35.5 Å². The lowest BCUT2D eigenvalue weighted by atomic mass is 10.0. The standard InChI is InChI=1S/C12H13N5O4/c1-3-7-8(4-2)14-15-11(10(7)12(18)19)16-5-9(13-6-16)17(20)21/h5-6H,3-4H2,1-2H3,(H,18,19). The van der Waals surface area contributed by atoms with Crippen LogP contribution >= 0.6 is 0 Å². The third-order valence-electron chi connectivity index (χ3n) is 3.04. The smallest absolute Gasteiger partial charge is 0.381 e. The lowest BCUT2D eigenvalue weighted by Gasteiger charge is -2.11. The summed E-state index contributed by atoms with van der Waals surface area (Å²) in [6.45, 7) is 3.68. The Morgan fingerprint density at radius 2 is 2.10 bits per heavy atom. The van der Waals surface area contributed by atoms with Crippen molar-refractivity contribution in [2.24, 2.45) is 0 Å². The predicted molar refractivity (Wildman–Crippen MR) is 71.5 cm³/mol. The summed E-state index contributed by atoms with van der Waals surface area (Å²) in [6, 6.07) is 0. The molecule has 1 N–H and O–H groups in total. The quantitative estimate of drug-likeness (QED) is 0.651. The van der Waals surface area contributed by atoms with Gasteiger partial charge >= 0.3 is 11.8 Å². The van der Waals surface area contributed by atoms with Crippen molar-refractivity contribution in [1.82, 2.24) is 19.7 Å². The summed E-state index contributed by atoms with van der Waals surface area (Å²) in [6.07, 6.45) is 3.30. The molecule has 0 aliphatic rings. The maximum Gasteiger partial charge on any atom is 0.381 e. The molecular weight excluding hydrogens is 278 g/mol. The molecule has 110 valence electrons. The topological polar surface area (TPSA) is 124 Å². The van der Waals surface area contributed by atoms with E-state index in [1.165, 1.54) is 4.57 Å². The van der Waals surface area contributed by atoms with Gasteiger partial charge < -0.3 is 15.2 Å². The molecule has 0 radical (unpaired) electrons. The summed E-state index contributed by atoms with van der Waals surface area (Å²) >= 11 is 0. The predicted octanol–water partition coefficient (Wildman–Crippen LogP) is 1.39. The van der Waals surface area contributed by atoms with Gasteiger partial charge in [-0.3, -0.25) is 4.57 Å². The summed E-state index contributed by atoms with van der Waals surface area (Å²) in [7, 11) is 0. The van der Waals surface area contributed by atoms with E-state index in [1.54, 1.807) is 0 Å². The van der Waals surface area contributed by atoms with Gasteiger partial charge in [0.05, 0.1) is 5.69 Å². The Morgan fingerprint density at radius 3 is 2.57 bits per heavy atom. The Labute approximate surface area is 119 Å². The largest absolute Gasteiger partial charge is 0.478 e. The molecule has 0 amide bonds. The average Bonchev–Trinajstić information content (AvgIpc) is 2.95. The minimum absolute atomic E-state index is 0.00310. The molecule has 2 heterocycles. The molecule has 21 heavy (non-hydrogen) atoms. The summed E-state index contributed by atoms with van der Waals surface area (Å²) in [5, 5.41) is 28.0. The van der Waals surface area contributed by atoms with Crippen LogP contribution in [0.2, 0.25) is 0 Å². The van der Waals surface area contributed by atoms with Crippen LogP contribution in [0.15, 0.2) is 12.5 Å². The molecule has 0 saturated carbocycles. The average molecular weight is 291 g/mol. The second-order valence-electron chi connectivity index (χ2n) is 4.23. The Kier molecular flexibility index (Phi) is 3.92. The van der Waals surface area contributed by atoms with Crippen molar-refractivity contribution in [3.05, 3.63) is 39.5 Å². The van der Waals surface area contributed by atoms with Crippen molar-refractivity contribution in [3.8, 4) is 5.82 Å². The van der Waals surface area contributed by atoms with Crippen LogP contribution in [0.25, 0.3) is 5.82 Å². The number of aromatic nitrogens is 4. The number of carbonyl (C=O) groups is 1. The third-order valence-corrected chi connectivity index (χ3v) is 3.04. The van der Waals surface area contributed by atoms with Crippen molar-refractivity contribution >= 4 is 11.8 Å². The van der Waals surface area contributed by atoms with Gasteiger partial charge in [-0.05, 0) is 28.3 Å². The maximum atomic E-state index is 11.5. The maximum absolute atomic E-state index is 11.5. The van der Waals surface area contributed by atoms with E-state index in [4.69, 9.17) is 0 Å². The number of carboxylic acids is 1. The Morgan fingerprint density at radius 1 is 1.38 bits per heavy atom. The van der Waals surface area contributed by atoms with Crippen molar-refractivity contribution < 1.29 is 14.8 Å². The van der Waals surface area contributed by atoms with Crippen molar-refractivity contribution in [2.75, 3.05) is 0 Å². The van der Waals surface area contributed by atoms with Crippen LogP contribution in [0.4, 0.5) is 5.82 Å². The van der Waals surface area contributed by atoms with Gasteiger partial charge in [-0.15, -0.1) is 5.10 Å². The summed E-state index contributed by atoms with van der Waals surface area (Å²) in [4.78, 5) is 25.1. The number of carboxylic acid groups (broad SMARTS) is 1. The van der Waals surface area contributed by atoms with Gasteiger partial charge in [0, 0.05) is 0 Å². The van der Waals surface area contributed by atoms with Crippen molar-refractivity contribution in [3.63, 3.8) is 0 Å². The first-order chi connectivity index (χ1) is 9.99. The molecule has 9 heteroatoms. The zero-order valence-corrected chi connectivity index (χ0v) is 11.5. The molecule has 0 aliphatic carbocycles. The van der Waals surface area contributed by atoms with E-state index in [9.17, 15) is 20.0 Å². The second-order valence-corrected chi connectivity index (χ2v) is 4.23. The number of hydrogen-bond donors (Lipinski definition) is 1. The minimum Gasteiger partial charge on any atom is -0.478 e. The molecule has 0 bridgehead atoms. The van der Waals surface area contributed by atoms with Crippen LogP contribution in [-0.2, 0) is 12.8 Å². The lowest BCUT2D eigenvalue weighted by molar-refractivity contribution is -0.389. The van der Waals surface area contributed by atoms with Gasteiger partial charge in [0.2, 0.25) is 6.33 Å². The van der Waals surface area contributed by atoms with Gasteiger partial charge in [-0.2, -0.15) is 5.10 Å². The Hall–Kier alpha value is -2.84. The first-order valence-electron chi connectivity index (χ1n) is 6.30. The molecule has 2 rings (SSSR count). The molecule has 0 atom stereocenters. The highest BCUT2D eigenvalue weighted by Crippen LogP contribution is 2.21. The van der Waals surface area contributed by atoms with Crippen LogP contribution < -0.4 is 0 Å². The van der Waals surface area contributed by atoms with Gasteiger partial charge in [0.1, 0.15) is 11.8 Å². The van der Waals surface area contributed by atoms with Gasteiger partial charge in [0.25, 0.3) is 0 Å². The zero-order chi connectivity index (χ0) is 15.6. The summed E-state index contributed by atoms with van der Waals surface area (Å²) < 4.78 is 1.20. The molecule has 0 spiro atoms. The van der Waals surface area contributed by atoms with Crippen molar-refractivity contribution in [1.29, 1.82) is 0 Å².